The monoisotopic (exact) mass is 267 g/mol. The van der Waals surface area contributed by atoms with E-state index in [0.29, 0.717) is 5.56 Å². The first-order chi connectivity index (χ1) is 9.62. The smallest absolute Gasteiger partial charge is 0.126 e. The molecule has 0 N–H and O–H groups in total. The first-order valence-electron chi connectivity index (χ1n) is 6.65. The molecule has 20 heavy (non-hydrogen) atoms. The first-order valence-corrected chi connectivity index (χ1v) is 6.65. The van der Waals surface area contributed by atoms with Crippen molar-refractivity contribution in [2.45, 2.75) is 20.3 Å². The zero-order chi connectivity index (χ0) is 14.7. The maximum atomic E-state index is 13.7. The van der Waals surface area contributed by atoms with Crippen molar-refractivity contribution < 1.29 is 4.39 Å². The SMILES string of the molecule is C=Cc1ccnc(-c2cc(C)c(F)cc2CC)c1C=C. The Labute approximate surface area is 119 Å². The second kappa shape index (κ2) is 5.83. The summed E-state index contributed by atoms with van der Waals surface area (Å²) in [6.07, 6.45) is 6.06. The number of pyridine rings is 1. The van der Waals surface area contributed by atoms with Crippen LogP contribution in [-0.2, 0) is 6.42 Å². The summed E-state index contributed by atoms with van der Waals surface area (Å²) >= 11 is 0. The topological polar surface area (TPSA) is 12.9 Å². The number of rotatable bonds is 4. The molecule has 0 fully saturated rings. The van der Waals surface area contributed by atoms with E-state index in [4.69, 9.17) is 0 Å². The van der Waals surface area contributed by atoms with E-state index in [9.17, 15) is 4.39 Å². The van der Waals surface area contributed by atoms with Crippen molar-refractivity contribution in [2.75, 3.05) is 0 Å². The minimum Gasteiger partial charge on any atom is -0.256 e. The van der Waals surface area contributed by atoms with Gasteiger partial charge < -0.3 is 0 Å². The molecule has 0 saturated carbocycles. The van der Waals surface area contributed by atoms with Crippen LogP contribution in [0.15, 0.2) is 37.6 Å². The summed E-state index contributed by atoms with van der Waals surface area (Å²) in [4.78, 5) is 4.47. The highest BCUT2D eigenvalue weighted by atomic mass is 19.1. The Kier molecular flexibility index (Phi) is 4.14. The van der Waals surface area contributed by atoms with Crippen molar-refractivity contribution in [1.29, 1.82) is 0 Å². The highest BCUT2D eigenvalue weighted by Crippen LogP contribution is 2.30. The maximum absolute atomic E-state index is 13.7. The number of nitrogens with zero attached hydrogens (tertiary/aromatic N) is 1. The zero-order valence-corrected chi connectivity index (χ0v) is 11.9. The third kappa shape index (κ3) is 2.42. The van der Waals surface area contributed by atoms with E-state index in [2.05, 4.69) is 18.1 Å². The number of hydrogen-bond donors (Lipinski definition) is 0. The zero-order valence-electron chi connectivity index (χ0n) is 11.9. The predicted molar refractivity (Wildman–Crippen MR) is 83.9 cm³/mol. The highest BCUT2D eigenvalue weighted by molar-refractivity contribution is 5.79. The molecule has 102 valence electrons. The summed E-state index contributed by atoms with van der Waals surface area (Å²) in [5.74, 6) is -0.175. The molecule has 0 aliphatic heterocycles. The fourth-order valence-electron chi connectivity index (χ4n) is 2.33. The van der Waals surface area contributed by atoms with Crippen LogP contribution in [0.4, 0.5) is 4.39 Å². The van der Waals surface area contributed by atoms with Crippen LogP contribution in [0.2, 0.25) is 0 Å². The van der Waals surface area contributed by atoms with E-state index in [1.165, 1.54) is 0 Å². The molecule has 1 aromatic carbocycles. The molecular weight excluding hydrogens is 249 g/mol. The number of aryl methyl sites for hydroxylation is 2. The van der Waals surface area contributed by atoms with Crippen LogP contribution in [0.3, 0.4) is 0 Å². The molecule has 1 aromatic heterocycles. The molecule has 0 atom stereocenters. The molecule has 2 rings (SSSR count). The number of benzene rings is 1. The Balaban J connectivity index is 2.77. The largest absolute Gasteiger partial charge is 0.256 e. The van der Waals surface area contributed by atoms with Gasteiger partial charge in [0.15, 0.2) is 0 Å². The van der Waals surface area contributed by atoms with Crippen LogP contribution in [0.5, 0.6) is 0 Å². The van der Waals surface area contributed by atoms with Crippen LogP contribution < -0.4 is 0 Å². The van der Waals surface area contributed by atoms with Crippen molar-refractivity contribution in [2.24, 2.45) is 0 Å². The Morgan fingerprint density at radius 3 is 2.60 bits per heavy atom. The lowest BCUT2D eigenvalue weighted by atomic mass is 9.94. The second-order valence-electron chi connectivity index (χ2n) is 4.68. The molecule has 0 saturated heterocycles. The minimum atomic E-state index is -0.175. The lowest BCUT2D eigenvalue weighted by molar-refractivity contribution is 0.616. The third-order valence-corrected chi connectivity index (χ3v) is 3.47. The Morgan fingerprint density at radius 2 is 2.00 bits per heavy atom. The average molecular weight is 267 g/mol. The third-order valence-electron chi connectivity index (χ3n) is 3.47. The molecule has 0 radical (unpaired) electrons. The molecule has 1 nitrogen and oxygen atoms in total. The van der Waals surface area contributed by atoms with Gasteiger partial charge >= 0.3 is 0 Å². The van der Waals surface area contributed by atoms with Gasteiger partial charge in [-0.3, -0.25) is 4.98 Å². The summed E-state index contributed by atoms with van der Waals surface area (Å²) < 4.78 is 13.7. The van der Waals surface area contributed by atoms with Crippen LogP contribution in [-0.4, -0.2) is 4.98 Å². The van der Waals surface area contributed by atoms with Gasteiger partial charge in [-0.25, -0.2) is 4.39 Å². The van der Waals surface area contributed by atoms with Crippen molar-refractivity contribution in [3.8, 4) is 11.3 Å². The summed E-state index contributed by atoms with van der Waals surface area (Å²) in [5.41, 5.74) is 5.28. The Hall–Kier alpha value is -2.22. The van der Waals surface area contributed by atoms with E-state index in [1.54, 1.807) is 31.3 Å². The quantitative estimate of drug-likeness (QED) is 0.755. The first kappa shape index (κ1) is 14.2. The van der Waals surface area contributed by atoms with Crippen molar-refractivity contribution in [3.63, 3.8) is 0 Å². The Bertz CT molecular complexity index is 671. The molecule has 0 amide bonds. The summed E-state index contributed by atoms with van der Waals surface area (Å²) in [5, 5.41) is 0. The molecule has 0 spiro atoms. The van der Waals surface area contributed by atoms with Crippen molar-refractivity contribution in [1.82, 2.24) is 4.98 Å². The summed E-state index contributed by atoms with van der Waals surface area (Å²) in [7, 11) is 0. The van der Waals surface area contributed by atoms with Gasteiger partial charge in [0.2, 0.25) is 0 Å². The average Bonchev–Trinajstić information content (AvgIpc) is 2.48. The van der Waals surface area contributed by atoms with E-state index in [1.807, 2.05) is 19.1 Å². The van der Waals surface area contributed by atoms with Gasteiger partial charge in [0.05, 0.1) is 5.69 Å². The molecule has 2 aromatic rings. The summed E-state index contributed by atoms with van der Waals surface area (Å²) in [6, 6.07) is 5.35. The fraction of sp³-hybridized carbons (Fsp3) is 0.167. The minimum absolute atomic E-state index is 0.175. The maximum Gasteiger partial charge on any atom is 0.126 e. The molecule has 0 aliphatic carbocycles. The highest BCUT2D eigenvalue weighted by Gasteiger charge is 2.13. The molecule has 2 heteroatoms. The second-order valence-corrected chi connectivity index (χ2v) is 4.68. The number of aromatic nitrogens is 1. The van der Waals surface area contributed by atoms with E-state index in [-0.39, 0.29) is 5.82 Å². The molecule has 0 bridgehead atoms. The van der Waals surface area contributed by atoms with Gasteiger partial charge in [-0.2, -0.15) is 0 Å². The van der Waals surface area contributed by atoms with Gasteiger partial charge in [-0.15, -0.1) is 0 Å². The van der Waals surface area contributed by atoms with E-state index < -0.39 is 0 Å². The van der Waals surface area contributed by atoms with Gasteiger partial charge in [0.25, 0.3) is 0 Å². The Morgan fingerprint density at radius 1 is 1.25 bits per heavy atom. The standard InChI is InChI=1S/C18H18FN/c1-5-13-8-9-20-18(15(13)7-3)16-10-12(4)17(19)11-14(16)6-2/h5,7-11H,1,3,6H2,2,4H3. The molecule has 1 heterocycles. The van der Waals surface area contributed by atoms with Gasteiger partial charge in [0.1, 0.15) is 5.82 Å². The van der Waals surface area contributed by atoms with Gasteiger partial charge in [-0.05, 0) is 48.2 Å². The number of hydrogen-bond acceptors (Lipinski definition) is 1. The normalized spacial score (nSPS) is 10.3. The molecular formula is C18H18FN. The predicted octanol–water partition coefficient (Wildman–Crippen LogP) is 5.04. The van der Waals surface area contributed by atoms with Crippen LogP contribution in [0.1, 0.15) is 29.2 Å². The molecule has 0 unspecified atom stereocenters. The summed E-state index contributed by atoms with van der Waals surface area (Å²) in [6.45, 7) is 11.5. The van der Waals surface area contributed by atoms with Crippen molar-refractivity contribution >= 4 is 12.2 Å². The molecule has 0 aliphatic rings. The fourth-order valence-corrected chi connectivity index (χ4v) is 2.33. The van der Waals surface area contributed by atoms with Crippen LogP contribution in [0.25, 0.3) is 23.4 Å². The number of halogens is 1. The van der Waals surface area contributed by atoms with E-state index in [0.717, 1.165) is 34.4 Å². The lowest BCUT2D eigenvalue weighted by Gasteiger charge is -2.13. The van der Waals surface area contributed by atoms with Crippen LogP contribution >= 0.6 is 0 Å². The van der Waals surface area contributed by atoms with Crippen molar-refractivity contribution in [3.05, 3.63) is 65.6 Å². The van der Waals surface area contributed by atoms with Crippen LogP contribution in [0, 0.1) is 12.7 Å². The van der Waals surface area contributed by atoms with E-state index >= 15 is 0 Å². The lowest BCUT2D eigenvalue weighted by Crippen LogP contribution is -1.98. The van der Waals surface area contributed by atoms with Gasteiger partial charge in [-0.1, -0.05) is 32.2 Å². The van der Waals surface area contributed by atoms with Gasteiger partial charge in [0, 0.05) is 17.3 Å².